The van der Waals surface area contributed by atoms with Crippen molar-refractivity contribution in [2.45, 2.75) is 31.4 Å². The van der Waals surface area contributed by atoms with Gasteiger partial charge in [-0.2, -0.15) is 0 Å². The molecule has 1 unspecified atom stereocenters. The second-order valence-electron chi connectivity index (χ2n) is 7.65. The molecule has 0 aromatic heterocycles. The van der Waals surface area contributed by atoms with Crippen molar-refractivity contribution in [3.63, 3.8) is 0 Å². The van der Waals surface area contributed by atoms with Gasteiger partial charge in [-0.1, -0.05) is 6.07 Å². The molecule has 1 spiro atoms. The van der Waals surface area contributed by atoms with E-state index < -0.39 is 6.10 Å². The molecular formula is C20H31N3O3. The molecule has 3 rings (SSSR count). The van der Waals surface area contributed by atoms with Crippen LogP contribution in [-0.2, 0) is 4.79 Å². The predicted molar refractivity (Wildman–Crippen MR) is 102 cm³/mol. The van der Waals surface area contributed by atoms with Gasteiger partial charge in [0.2, 0.25) is 0 Å². The summed E-state index contributed by atoms with van der Waals surface area (Å²) in [5.74, 6) is 1.45. The van der Waals surface area contributed by atoms with E-state index in [1.165, 1.54) is 0 Å². The van der Waals surface area contributed by atoms with Crippen molar-refractivity contribution < 1.29 is 14.3 Å². The minimum absolute atomic E-state index is 0.0643. The third-order valence-electron chi connectivity index (χ3n) is 5.90. The predicted octanol–water partition coefficient (Wildman–Crippen LogP) is 1.70. The lowest BCUT2D eigenvalue weighted by Gasteiger charge is -2.52. The highest BCUT2D eigenvalue weighted by atomic mass is 16.5. The second-order valence-corrected chi connectivity index (χ2v) is 7.65. The Bertz CT molecular complexity index is 628. The number of nitrogens with zero attached hydrogens (tertiary/aromatic N) is 3. The molecule has 2 fully saturated rings. The quantitative estimate of drug-likeness (QED) is 0.817. The highest BCUT2D eigenvalue weighted by Crippen LogP contribution is 2.31. The molecule has 26 heavy (non-hydrogen) atoms. The Hall–Kier alpha value is -1.79. The molecule has 6 nitrogen and oxygen atoms in total. The van der Waals surface area contributed by atoms with Crippen molar-refractivity contribution in [3.8, 4) is 11.5 Å². The number of amides is 1. The van der Waals surface area contributed by atoms with Crippen molar-refractivity contribution in [2.24, 2.45) is 0 Å². The zero-order valence-corrected chi connectivity index (χ0v) is 16.4. The molecule has 0 saturated carbocycles. The number of piperidine rings is 1. The third kappa shape index (κ3) is 3.96. The first kappa shape index (κ1) is 19.0. The Labute approximate surface area is 156 Å². The van der Waals surface area contributed by atoms with Crippen molar-refractivity contribution in [1.29, 1.82) is 0 Å². The number of ether oxygens (including phenoxy) is 2. The van der Waals surface area contributed by atoms with E-state index in [1.54, 1.807) is 7.11 Å². The van der Waals surface area contributed by atoms with Gasteiger partial charge in [0.25, 0.3) is 5.91 Å². The van der Waals surface area contributed by atoms with Gasteiger partial charge in [-0.15, -0.1) is 0 Å². The highest BCUT2D eigenvalue weighted by molar-refractivity contribution is 5.81. The average molecular weight is 361 g/mol. The molecule has 2 aliphatic rings. The second kappa shape index (κ2) is 7.84. The van der Waals surface area contributed by atoms with Gasteiger partial charge in [-0.3, -0.25) is 9.69 Å². The van der Waals surface area contributed by atoms with Crippen LogP contribution < -0.4 is 9.47 Å². The Kier molecular flexibility index (Phi) is 5.73. The number of benzene rings is 1. The van der Waals surface area contributed by atoms with Crippen LogP contribution >= 0.6 is 0 Å². The molecule has 0 N–H and O–H groups in total. The zero-order chi connectivity index (χ0) is 18.7. The molecule has 1 atom stereocenters. The Balaban J connectivity index is 1.57. The molecule has 144 valence electrons. The standard InChI is InChI=1S/C20H31N3O3/c1-16(26-18-7-5-6-17(14-18)25-4)19(24)23-10-8-20(9-11-23)15-21(2)12-13-22(20)3/h5-7,14,16H,8-13,15H2,1-4H3. The number of hydrogen-bond acceptors (Lipinski definition) is 5. The molecule has 1 aromatic carbocycles. The Morgan fingerprint density at radius 1 is 1.12 bits per heavy atom. The summed E-state index contributed by atoms with van der Waals surface area (Å²) in [6.07, 6.45) is 1.54. The van der Waals surface area contributed by atoms with Crippen molar-refractivity contribution >= 4 is 5.91 Å². The van der Waals surface area contributed by atoms with Crippen LogP contribution in [0.3, 0.4) is 0 Å². The van der Waals surface area contributed by atoms with E-state index in [9.17, 15) is 4.79 Å². The summed E-state index contributed by atoms with van der Waals surface area (Å²) in [6.45, 7) is 6.71. The summed E-state index contributed by atoms with van der Waals surface area (Å²) in [6, 6.07) is 7.39. The van der Waals surface area contributed by atoms with Crippen LogP contribution in [0, 0.1) is 0 Å². The number of likely N-dealkylation sites (tertiary alicyclic amines) is 1. The number of likely N-dealkylation sites (N-methyl/N-ethyl adjacent to an activating group) is 2. The van der Waals surface area contributed by atoms with Crippen molar-refractivity contribution in [3.05, 3.63) is 24.3 Å². The number of carbonyl (C=O) groups is 1. The third-order valence-corrected chi connectivity index (χ3v) is 5.90. The molecule has 1 aromatic rings. The fourth-order valence-corrected chi connectivity index (χ4v) is 4.13. The van der Waals surface area contributed by atoms with Gasteiger partial charge in [-0.25, -0.2) is 0 Å². The molecular weight excluding hydrogens is 330 g/mol. The maximum absolute atomic E-state index is 12.8. The van der Waals surface area contributed by atoms with E-state index in [0.717, 1.165) is 51.3 Å². The lowest BCUT2D eigenvalue weighted by molar-refractivity contribution is -0.141. The van der Waals surface area contributed by atoms with Gasteiger partial charge in [0.15, 0.2) is 6.10 Å². The lowest BCUT2D eigenvalue weighted by Crippen LogP contribution is -2.64. The average Bonchev–Trinajstić information content (AvgIpc) is 2.65. The van der Waals surface area contributed by atoms with Gasteiger partial charge in [0.05, 0.1) is 7.11 Å². The first-order valence-electron chi connectivity index (χ1n) is 9.43. The summed E-state index contributed by atoms with van der Waals surface area (Å²) in [4.78, 5) is 19.7. The fraction of sp³-hybridized carbons (Fsp3) is 0.650. The highest BCUT2D eigenvalue weighted by Gasteiger charge is 2.42. The van der Waals surface area contributed by atoms with Crippen LogP contribution in [0.1, 0.15) is 19.8 Å². The summed E-state index contributed by atoms with van der Waals surface area (Å²) in [5.41, 5.74) is 0.209. The molecule has 1 amide bonds. The SMILES string of the molecule is COc1cccc(OC(C)C(=O)N2CCC3(CC2)CN(C)CCN3C)c1. The summed E-state index contributed by atoms with van der Waals surface area (Å²) in [7, 11) is 6.03. The maximum Gasteiger partial charge on any atom is 0.263 e. The van der Waals surface area contributed by atoms with Crippen LogP contribution in [0.4, 0.5) is 0 Å². The number of methoxy groups -OCH3 is 1. The normalized spacial score (nSPS) is 22.2. The molecule has 2 saturated heterocycles. The van der Waals surface area contributed by atoms with Gasteiger partial charge in [-0.05, 0) is 46.0 Å². The molecule has 0 bridgehead atoms. The maximum atomic E-state index is 12.8. The largest absolute Gasteiger partial charge is 0.497 e. The van der Waals surface area contributed by atoms with Gasteiger partial charge in [0, 0.05) is 44.3 Å². The topological polar surface area (TPSA) is 45.3 Å². The fourth-order valence-electron chi connectivity index (χ4n) is 4.13. The summed E-state index contributed by atoms with van der Waals surface area (Å²) in [5, 5.41) is 0. The van der Waals surface area contributed by atoms with E-state index in [0.29, 0.717) is 5.75 Å². The summed E-state index contributed by atoms with van der Waals surface area (Å²) >= 11 is 0. The van der Waals surface area contributed by atoms with E-state index in [2.05, 4.69) is 23.9 Å². The first-order chi connectivity index (χ1) is 12.4. The molecule has 0 aliphatic carbocycles. The molecule has 2 heterocycles. The minimum Gasteiger partial charge on any atom is -0.497 e. The molecule has 0 radical (unpaired) electrons. The Morgan fingerprint density at radius 2 is 1.81 bits per heavy atom. The van der Waals surface area contributed by atoms with Crippen LogP contribution in [0.15, 0.2) is 24.3 Å². The van der Waals surface area contributed by atoms with Gasteiger partial charge >= 0.3 is 0 Å². The van der Waals surface area contributed by atoms with Crippen LogP contribution in [0.5, 0.6) is 11.5 Å². The molecule has 6 heteroatoms. The number of carbonyl (C=O) groups excluding carboxylic acids is 1. The first-order valence-corrected chi connectivity index (χ1v) is 9.43. The monoisotopic (exact) mass is 361 g/mol. The number of hydrogen-bond donors (Lipinski definition) is 0. The summed E-state index contributed by atoms with van der Waals surface area (Å²) < 4.78 is 11.1. The Morgan fingerprint density at radius 3 is 2.50 bits per heavy atom. The number of piperazine rings is 1. The molecule has 2 aliphatic heterocycles. The van der Waals surface area contributed by atoms with Crippen LogP contribution in [0.25, 0.3) is 0 Å². The lowest BCUT2D eigenvalue weighted by atomic mass is 9.83. The minimum atomic E-state index is -0.497. The van der Waals surface area contributed by atoms with Crippen molar-refractivity contribution in [1.82, 2.24) is 14.7 Å². The van der Waals surface area contributed by atoms with Crippen LogP contribution in [-0.4, -0.2) is 86.2 Å². The van der Waals surface area contributed by atoms with E-state index in [1.807, 2.05) is 36.1 Å². The van der Waals surface area contributed by atoms with Gasteiger partial charge < -0.3 is 19.3 Å². The van der Waals surface area contributed by atoms with E-state index in [4.69, 9.17) is 9.47 Å². The van der Waals surface area contributed by atoms with Crippen LogP contribution in [0.2, 0.25) is 0 Å². The van der Waals surface area contributed by atoms with E-state index in [-0.39, 0.29) is 11.4 Å². The van der Waals surface area contributed by atoms with E-state index >= 15 is 0 Å². The number of rotatable bonds is 4. The smallest absolute Gasteiger partial charge is 0.263 e. The van der Waals surface area contributed by atoms with Crippen molar-refractivity contribution in [2.75, 3.05) is 53.9 Å². The zero-order valence-electron chi connectivity index (χ0n) is 16.4. The van der Waals surface area contributed by atoms with Gasteiger partial charge in [0.1, 0.15) is 11.5 Å².